The summed E-state index contributed by atoms with van der Waals surface area (Å²) in [7, 11) is -2.29. The second-order valence-corrected chi connectivity index (χ2v) is 12.3. The molecule has 5 N–H and O–H groups in total. The van der Waals surface area contributed by atoms with Crippen LogP contribution >= 0.6 is 0 Å². The summed E-state index contributed by atoms with van der Waals surface area (Å²) < 4.78 is 16.2. The predicted molar refractivity (Wildman–Crippen MR) is 158 cm³/mol. The van der Waals surface area contributed by atoms with E-state index in [1.165, 1.54) is 11.0 Å². The molecule has 15 heteroatoms. The van der Waals surface area contributed by atoms with Crippen molar-refractivity contribution in [3.63, 3.8) is 0 Å². The number of hydrogen-bond acceptors (Lipinski definition) is 9. The average molecular weight is 607 g/mol. The Morgan fingerprint density at radius 2 is 1.59 bits per heavy atom. The van der Waals surface area contributed by atoms with Crippen LogP contribution in [-0.4, -0.2) is 94.9 Å². The second-order valence-electron chi connectivity index (χ2n) is 12.3. The van der Waals surface area contributed by atoms with Gasteiger partial charge in [-0.1, -0.05) is 12.1 Å². The third-order valence-corrected chi connectivity index (χ3v) is 7.81. The fraction of sp³-hybridized carbons (Fsp3) is 0.448. The molecule has 232 valence electrons. The van der Waals surface area contributed by atoms with E-state index >= 15 is 0 Å². The molecule has 13 nitrogen and oxygen atoms in total. The molecule has 0 bridgehead atoms. The summed E-state index contributed by atoms with van der Waals surface area (Å²) in [6.07, 6.45) is -0.324. The highest BCUT2D eigenvalue weighted by molar-refractivity contribution is 6.62. The first-order chi connectivity index (χ1) is 20.8. The summed E-state index contributed by atoms with van der Waals surface area (Å²) in [5.41, 5.74) is 2.42. The number of fused-ring (bicyclic) bond motifs is 2. The fourth-order valence-electron chi connectivity index (χ4n) is 5.56. The van der Waals surface area contributed by atoms with Gasteiger partial charge in [0.1, 0.15) is 6.04 Å². The van der Waals surface area contributed by atoms with E-state index in [-0.39, 0.29) is 50.3 Å². The number of carbonyl (C=O) groups is 4. The maximum atomic E-state index is 13.8. The summed E-state index contributed by atoms with van der Waals surface area (Å²) in [6.45, 7) is 5.82. The summed E-state index contributed by atoms with van der Waals surface area (Å²) in [4.78, 5) is 53.5. The molecule has 0 saturated carbocycles. The number of rotatable bonds is 9. The van der Waals surface area contributed by atoms with E-state index in [1.54, 1.807) is 30.3 Å². The van der Waals surface area contributed by atoms with Crippen LogP contribution in [0, 0.1) is 0 Å². The lowest BCUT2D eigenvalue weighted by atomic mass is 9.78. The van der Waals surface area contributed by atoms with Crippen molar-refractivity contribution in [3.8, 4) is 0 Å². The Morgan fingerprint density at radius 3 is 2.18 bits per heavy atom. The van der Waals surface area contributed by atoms with Crippen LogP contribution in [0.1, 0.15) is 65.5 Å². The van der Waals surface area contributed by atoms with E-state index in [2.05, 4.69) is 10.6 Å². The zero-order valence-electron chi connectivity index (χ0n) is 24.7. The van der Waals surface area contributed by atoms with Crippen LogP contribution < -0.4 is 21.6 Å². The van der Waals surface area contributed by atoms with Crippen molar-refractivity contribution in [2.45, 2.75) is 70.6 Å². The number of nitrogens with zero attached hydrogens (tertiary/aromatic N) is 1. The van der Waals surface area contributed by atoms with E-state index in [0.29, 0.717) is 10.9 Å². The highest BCUT2D eigenvalue weighted by Crippen LogP contribution is 2.23. The van der Waals surface area contributed by atoms with Gasteiger partial charge in [0.05, 0.1) is 37.9 Å². The Balaban J connectivity index is 1.36. The van der Waals surface area contributed by atoms with Crippen molar-refractivity contribution in [1.29, 1.82) is 0 Å². The van der Waals surface area contributed by atoms with Gasteiger partial charge in [-0.2, -0.15) is 0 Å². The first-order valence-electron chi connectivity index (χ1n) is 14.4. The minimum absolute atomic E-state index is 0.00242. The Morgan fingerprint density at radius 1 is 1.00 bits per heavy atom. The number of aliphatic carboxylic acids is 1. The lowest BCUT2D eigenvalue weighted by molar-refractivity contribution is -0.139. The standard InChI is InChI=1S/C29H35B2N3O10/c1-29(2,3)42-15-21(11-25(35)36)33-27(38)24-10-20(32-26(37)16-4-6-18-13-43-30(40)22(18)8-16)12-34(24)28(39)17-5-7-19-14-44-31(41)23(19)9-17/h4-9,20-21,24,40-41H,10-15H2,1-3H3,(H,32,37)(H,33,38)(H,35,36)/t20-,21+,24+/m1/s1. The summed E-state index contributed by atoms with van der Waals surface area (Å²) in [5, 5.41) is 35.2. The van der Waals surface area contributed by atoms with E-state index in [1.807, 2.05) is 20.8 Å². The van der Waals surface area contributed by atoms with E-state index in [9.17, 15) is 34.3 Å². The molecule has 0 radical (unpaired) electrons. The predicted octanol–water partition coefficient (Wildman–Crippen LogP) is -1.09. The smallest absolute Gasteiger partial charge is 0.481 e. The van der Waals surface area contributed by atoms with Gasteiger partial charge in [-0.05, 0) is 73.5 Å². The number of carbonyl (C=O) groups excluding carboxylic acids is 3. The van der Waals surface area contributed by atoms with Crippen LogP contribution in [0.25, 0.3) is 0 Å². The number of likely N-dealkylation sites (tertiary alicyclic amines) is 1. The molecule has 3 heterocycles. The topological polar surface area (TPSA) is 184 Å². The quantitative estimate of drug-likeness (QED) is 0.220. The number of benzene rings is 2. The van der Waals surface area contributed by atoms with Crippen LogP contribution in [0.15, 0.2) is 36.4 Å². The summed E-state index contributed by atoms with van der Waals surface area (Å²) in [6, 6.07) is 7.14. The van der Waals surface area contributed by atoms with Gasteiger partial charge in [0.15, 0.2) is 0 Å². The van der Waals surface area contributed by atoms with Crippen molar-refractivity contribution in [3.05, 3.63) is 58.7 Å². The Kier molecular flexibility index (Phi) is 9.14. The number of carboxylic acid groups (broad SMARTS) is 1. The highest BCUT2D eigenvalue weighted by Gasteiger charge is 2.42. The van der Waals surface area contributed by atoms with Gasteiger partial charge in [-0.25, -0.2) is 0 Å². The zero-order valence-corrected chi connectivity index (χ0v) is 24.7. The summed E-state index contributed by atoms with van der Waals surface area (Å²) >= 11 is 0. The third kappa shape index (κ3) is 7.13. The van der Waals surface area contributed by atoms with E-state index in [0.717, 1.165) is 11.1 Å². The maximum absolute atomic E-state index is 13.8. The van der Waals surface area contributed by atoms with E-state index in [4.69, 9.17) is 14.0 Å². The first kappa shape index (κ1) is 31.7. The molecule has 2 aromatic rings. The minimum atomic E-state index is -1.17. The molecule has 3 amide bonds. The molecule has 3 atom stereocenters. The molecule has 44 heavy (non-hydrogen) atoms. The Labute approximate surface area is 255 Å². The van der Waals surface area contributed by atoms with Crippen molar-refractivity contribution < 1.29 is 48.4 Å². The van der Waals surface area contributed by atoms with Crippen molar-refractivity contribution >= 4 is 48.9 Å². The lowest BCUT2D eigenvalue weighted by Gasteiger charge is -2.28. The normalized spacial score (nSPS) is 19.9. The number of amides is 3. The minimum Gasteiger partial charge on any atom is -0.481 e. The van der Waals surface area contributed by atoms with Crippen molar-refractivity contribution in [2.75, 3.05) is 13.2 Å². The zero-order chi connectivity index (χ0) is 31.8. The summed E-state index contributed by atoms with van der Waals surface area (Å²) in [5.74, 6) is -2.66. The van der Waals surface area contributed by atoms with Gasteiger partial charge in [-0.15, -0.1) is 0 Å². The van der Waals surface area contributed by atoms with Crippen LogP contribution in [-0.2, 0) is 36.8 Å². The number of nitrogens with one attached hydrogen (secondary N) is 2. The largest absolute Gasteiger partial charge is 0.491 e. The molecule has 5 rings (SSSR count). The number of ether oxygens (including phenoxy) is 1. The lowest BCUT2D eigenvalue weighted by Crippen LogP contribution is -2.51. The van der Waals surface area contributed by atoms with Crippen molar-refractivity contribution in [1.82, 2.24) is 15.5 Å². The number of hydrogen-bond donors (Lipinski definition) is 5. The second kappa shape index (κ2) is 12.7. The Hall–Kier alpha value is -3.75. The molecule has 0 aliphatic carbocycles. The van der Waals surface area contributed by atoms with Gasteiger partial charge in [-0.3, -0.25) is 19.2 Å². The van der Waals surface area contributed by atoms with Crippen LogP contribution in [0.2, 0.25) is 0 Å². The third-order valence-electron chi connectivity index (χ3n) is 7.81. The van der Waals surface area contributed by atoms with Gasteiger partial charge in [0.2, 0.25) is 5.91 Å². The van der Waals surface area contributed by atoms with Crippen LogP contribution in [0.3, 0.4) is 0 Å². The molecular formula is C29H35B2N3O10. The van der Waals surface area contributed by atoms with Gasteiger partial charge < -0.3 is 44.7 Å². The maximum Gasteiger partial charge on any atom is 0.491 e. The van der Waals surface area contributed by atoms with Gasteiger partial charge in [0.25, 0.3) is 11.8 Å². The average Bonchev–Trinajstić information content (AvgIpc) is 3.67. The molecule has 3 aliphatic rings. The molecule has 0 spiro atoms. The molecule has 1 fully saturated rings. The monoisotopic (exact) mass is 607 g/mol. The highest BCUT2D eigenvalue weighted by atomic mass is 16.5. The van der Waals surface area contributed by atoms with Gasteiger partial charge in [0, 0.05) is 23.7 Å². The van der Waals surface area contributed by atoms with Crippen molar-refractivity contribution in [2.24, 2.45) is 0 Å². The van der Waals surface area contributed by atoms with Crippen LogP contribution in [0.5, 0.6) is 0 Å². The van der Waals surface area contributed by atoms with E-state index < -0.39 is 61.7 Å². The van der Waals surface area contributed by atoms with Gasteiger partial charge >= 0.3 is 20.2 Å². The SMILES string of the molecule is CC(C)(C)OC[C@H](CC(=O)O)NC(=O)[C@@H]1C[C@@H](NC(=O)c2ccc3c(c2)B(O)OC3)CN1C(=O)c1ccc2c(c1)B(O)OC2. The molecule has 2 aromatic carbocycles. The molecule has 0 aromatic heterocycles. The molecule has 3 aliphatic heterocycles. The number of carboxylic acids is 1. The molecule has 1 saturated heterocycles. The Bertz CT molecular complexity index is 1470. The molecular weight excluding hydrogens is 572 g/mol. The first-order valence-corrected chi connectivity index (χ1v) is 14.4. The van der Waals surface area contributed by atoms with Crippen LogP contribution in [0.4, 0.5) is 0 Å². The molecule has 0 unspecified atom stereocenters. The fourth-order valence-corrected chi connectivity index (χ4v) is 5.56.